The molecule has 1 aliphatic carbocycles. The number of esters is 2. The molecule has 2 heterocycles. The molecule has 1 saturated carbocycles. The second-order valence-electron chi connectivity index (χ2n) is 8.50. The first-order valence-corrected chi connectivity index (χ1v) is 9.59. The van der Waals surface area contributed by atoms with Gasteiger partial charge in [-0.1, -0.05) is 34.3 Å². The second kappa shape index (κ2) is 6.97. The van der Waals surface area contributed by atoms with Crippen LogP contribution >= 0.6 is 0 Å². The second-order valence-corrected chi connectivity index (χ2v) is 8.50. The Morgan fingerprint density at radius 2 is 2.19 bits per heavy atom. The maximum absolute atomic E-state index is 12.4. The maximum Gasteiger partial charge on any atom is 0.334 e. The van der Waals surface area contributed by atoms with Gasteiger partial charge in [-0.05, 0) is 25.2 Å². The van der Waals surface area contributed by atoms with Gasteiger partial charge in [0.2, 0.25) is 6.29 Å². The van der Waals surface area contributed by atoms with E-state index in [1.807, 2.05) is 20.8 Å². The molecule has 0 radical (unpaired) electrons. The van der Waals surface area contributed by atoms with Gasteiger partial charge in [-0.25, -0.2) is 4.79 Å². The van der Waals surface area contributed by atoms with Gasteiger partial charge < -0.3 is 19.3 Å². The average Bonchev–Trinajstić information content (AvgIpc) is 2.76. The van der Waals surface area contributed by atoms with Crippen LogP contribution in [0.25, 0.3) is 0 Å². The summed E-state index contributed by atoms with van der Waals surface area (Å²) in [7, 11) is 0. The van der Waals surface area contributed by atoms with Crippen molar-refractivity contribution in [1.29, 1.82) is 0 Å². The Morgan fingerprint density at radius 1 is 1.50 bits per heavy atom. The van der Waals surface area contributed by atoms with E-state index >= 15 is 0 Å². The van der Waals surface area contributed by atoms with Crippen LogP contribution < -0.4 is 0 Å². The number of aliphatic hydroxyl groups excluding tert-OH is 1. The largest absolute Gasteiger partial charge is 0.458 e. The highest BCUT2D eigenvalue weighted by molar-refractivity contribution is 5.90. The standard InChI is InChI=1S/C20H30O6/c1-6-10(2)17(22)26-19-20(5)8-13-12(4)18(23)25-15(13)7-11(3)16(20)14(21)9-24-19/h10-11,13-16,19,21H,4,6-9H2,1-3,5H3. The molecule has 0 aromatic rings. The van der Waals surface area contributed by atoms with Crippen LogP contribution in [-0.4, -0.2) is 42.1 Å². The molecule has 6 nitrogen and oxygen atoms in total. The first kappa shape index (κ1) is 19.4. The number of fused-ring (bicyclic) bond motifs is 2. The summed E-state index contributed by atoms with van der Waals surface area (Å²) in [6.45, 7) is 11.9. The third-order valence-corrected chi connectivity index (χ3v) is 6.66. The summed E-state index contributed by atoms with van der Waals surface area (Å²) >= 11 is 0. The first-order chi connectivity index (χ1) is 12.2. The fourth-order valence-corrected chi connectivity index (χ4v) is 5.02. The molecule has 8 atom stereocenters. The molecule has 3 rings (SSSR count). The molecule has 0 amide bonds. The van der Waals surface area contributed by atoms with Crippen molar-refractivity contribution < 1.29 is 28.9 Å². The van der Waals surface area contributed by atoms with E-state index in [-0.39, 0.29) is 48.3 Å². The van der Waals surface area contributed by atoms with E-state index in [0.29, 0.717) is 24.8 Å². The lowest BCUT2D eigenvalue weighted by atomic mass is 9.64. The van der Waals surface area contributed by atoms with E-state index in [9.17, 15) is 14.7 Å². The highest BCUT2D eigenvalue weighted by Gasteiger charge is 2.59. The SMILES string of the molecule is C=C1C(=O)OC2CC(C)C3C(O)COC(OC(=O)C(C)CC)C3(C)CC12. The number of hydrogen-bond acceptors (Lipinski definition) is 6. The van der Waals surface area contributed by atoms with Crippen LogP contribution in [0.2, 0.25) is 0 Å². The van der Waals surface area contributed by atoms with E-state index < -0.39 is 17.8 Å². The zero-order valence-electron chi connectivity index (χ0n) is 16.1. The molecule has 0 aromatic carbocycles. The third kappa shape index (κ3) is 3.07. The van der Waals surface area contributed by atoms with Gasteiger partial charge in [0.1, 0.15) is 6.10 Å². The summed E-state index contributed by atoms with van der Waals surface area (Å²) in [4.78, 5) is 24.4. The Kier molecular flexibility index (Phi) is 5.19. The number of aliphatic hydroxyl groups is 1. The van der Waals surface area contributed by atoms with E-state index in [1.54, 1.807) is 0 Å². The lowest BCUT2D eigenvalue weighted by molar-refractivity contribution is -0.273. The zero-order valence-corrected chi connectivity index (χ0v) is 16.1. The van der Waals surface area contributed by atoms with Crippen molar-refractivity contribution in [2.24, 2.45) is 29.1 Å². The van der Waals surface area contributed by atoms with Gasteiger partial charge in [0.15, 0.2) is 0 Å². The summed E-state index contributed by atoms with van der Waals surface area (Å²) < 4.78 is 17.1. The zero-order chi connectivity index (χ0) is 19.2. The van der Waals surface area contributed by atoms with Crippen molar-refractivity contribution in [2.45, 2.75) is 65.5 Å². The lowest BCUT2D eigenvalue weighted by Gasteiger charge is -2.50. The fraction of sp³-hybridized carbons (Fsp3) is 0.800. The van der Waals surface area contributed by atoms with Gasteiger partial charge in [-0.15, -0.1) is 0 Å². The van der Waals surface area contributed by atoms with Crippen LogP contribution in [0.1, 0.15) is 47.0 Å². The van der Waals surface area contributed by atoms with Crippen molar-refractivity contribution >= 4 is 11.9 Å². The average molecular weight is 366 g/mol. The van der Waals surface area contributed by atoms with Crippen molar-refractivity contribution in [3.63, 3.8) is 0 Å². The molecular weight excluding hydrogens is 336 g/mol. The summed E-state index contributed by atoms with van der Waals surface area (Å²) in [5.41, 5.74) is -0.146. The Morgan fingerprint density at radius 3 is 2.85 bits per heavy atom. The van der Waals surface area contributed by atoms with E-state index in [0.717, 1.165) is 0 Å². The van der Waals surface area contributed by atoms with E-state index in [1.165, 1.54) is 0 Å². The van der Waals surface area contributed by atoms with Crippen LogP contribution in [-0.2, 0) is 23.8 Å². The number of carbonyl (C=O) groups excluding carboxylic acids is 2. The van der Waals surface area contributed by atoms with Crippen molar-refractivity contribution in [3.05, 3.63) is 12.2 Å². The van der Waals surface area contributed by atoms with Crippen molar-refractivity contribution in [3.8, 4) is 0 Å². The highest BCUT2D eigenvalue weighted by atomic mass is 16.7. The molecule has 146 valence electrons. The van der Waals surface area contributed by atoms with Gasteiger partial charge in [-0.2, -0.15) is 0 Å². The van der Waals surface area contributed by atoms with Gasteiger partial charge in [0, 0.05) is 22.8 Å². The minimum atomic E-state index is -0.748. The minimum absolute atomic E-state index is 0.0948. The highest BCUT2D eigenvalue weighted by Crippen LogP contribution is 2.54. The molecule has 0 spiro atoms. The molecule has 6 heteroatoms. The van der Waals surface area contributed by atoms with Crippen LogP contribution in [0, 0.1) is 29.1 Å². The summed E-state index contributed by atoms with van der Waals surface area (Å²) in [6, 6.07) is 0. The monoisotopic (exact) mass is 366 g/mol. The summed E-state index contributed by atoms with van der Waals surface area (Å²) in [5.74, 6) is -1.01. The topological polar surface area (TPSA) is 82.1 Å². The predicted octanol–water partition coefficient (Wildman–Crippen LogP) is 2.44. The molecule has 2 aliphatic heterocycles. The van der Waals surface area contributed by atoms with Gasteiger partial charge >= 0.3 is 11.9 Å². The maximum atomic E-state index is 12.4. The summed E-state index contributed by atoms with van der Waals surface area (Å²) in [5, 5.41) is 10.7. The first-order valence-electron chi connectivity index (χ1n) is 9.59. The minimum Gasteiger partial charge on any atom is -0.458 e. The number of hydrogen-bond donors (Lipinski definition) is 1. The molecule has 0 bridgehead atoms. The van der Waals surface area contributed by atoms with Crippen LogP contribution in [0.3, 0.4) is 0 Å². The molecule has 0 aromatic heterocycles. The Labute approximate surface area is 154 Å². The van der Waals surface area contributed by atoms with Crippen LogP contribution in [0.15, 0.2) is 12.2 Å². The molecule has 1 N–H and O–H groups in total. The molecule has 3 fully saturated rings. The number of rotatable bonds is 3. The van der Waals surface area contributed by atoms with Crippen LogP contribution in [0.4, 0.5) is 0 Å². The normalized spacial score (nSPS) is 43.7. The Hall–Kier alpha value is -1.40. The number of ether oxygens (including phenoxy) is 3. The fourth-order valence-electron chi connectivity index (χ4n) is 5.02. The van der Waals surface area contributed by atoms with Gasteiger partial charge in [0.25, 0.3) is 0 Å². The Balaban J connectivity index is 1.93. The van der Waals surface area contributed by atoms with E-state index in [2.05, 4.69) is 13.5 Å². The summed E-state index contributed by atoms with van der Waals surface area (Å²) in [6.07, 6.45) is 0.268. The Bertz CT molecular complexity index is 601. The van der Waals surface area contributed by atoms with E-state index in [4.69, 9.17) is 14.2 Å². The van der Waals surface area contributed by atoms with Gasteiger partial charge in [-0.3, -0.25) is 4.79 Å². The molecule has 2 saturated heterocycles. The van der Waals surface area contributed by atoms with Gasteiger partial charge in [0.05, 0.1) is 18.6 Å². The lowest BCUT2D eigenvalue weighted by Crippen LogP contribution is -2.56. The third-order valence-electron chi connectivity index (χ3n) is 6.66. The van der Waals surface area contributed by atoms with Crippen molar-refractivity contribution in [1.82, 2.24) is 0 Å². The molecule has 26 heavy (non-hydrogen) atoms. The number of carbonyl (C=O) groups is 2. The predicted molar refractivity (Wildman–Crippen MR) is 93.8 cm³/mol. The molecule has 3 aliphatic rings. The molecular formula is C20H30O6. The quantitative estimate of drug-likeness (QED) is 0.610. The smallest absolute Gasteiger partial charge is 0.334 e. The van der Waals surface area contributed by atoms with Crippen LogP contribution in [0.5, 0.6) is 0 Å². The molecule has 8 unspecified atom stereocenters. The van der Waals surface area contributed by atoms with Crippen molar-refractivity contribution in [2.75, 3.05) is 6.61 Å².